The minimum absolute atomic E-state index is 0.144. The van der Waals surface area contributed by atoms with Crippen molar-refractivity contribution in [1.82, 2.24) is 34.9 Å². The van der Waals surface area contributed by atoms with E-state index in [0.29, 0.717) is 33.1 Å². The number of rotatable bonds is 4. The highest BCUT2D eigenvalue weighted by Crippen LogP contribution is 2.48. The lowest BCUT2D eigenvalue weighted by Gasteiger charge is -2.30. The second-order valence-corrected chi connectivity index (χ2v) is 14.4. The van der Waals surface area contributed by atoms with Crippen LogP contribution >= 0.6 is 11.6 Å². The van der Waals surface area contributed by atoms with Gasteiger partial charge in [-0.05, 0) is 55.3 Å². The van der Waals surface area contributed by atoms with Crippen molar-refractivity contribution in [2.45, 2.75) is 33.1 Å². The Balaban J connectivity index is 0.000000183. The maximum Gasteiger partial charge on any atom is 0.142 e. The Kier molecular flexibility index (Phi) is 9.32. The van der Waals surface area contributed by atoms with E-state index in [0.717, 1.165) is 89.2 Å². The third kappa shape index (κ3) is 6.56. The number of pyridine rings is 7. The van der Waals surface area contributed by atoms with Crippen LogP contribution in [-0.4, -0.2) is 67.7 Å². The fraction of sp³-hybridized carbons (Fsp3) is 0.244. The Morgan fingerprint density at radius 2 is 1.31 bits per heavy atom. The fourth-order valence-electron chi connectivity index (χ4n) is 7.28. The number of nitrogens with zero attached hydrogens (tertiary/aromatic N) is 9. The first kappa shape index (κ1) is 35.3. The second kappa shape index (κ2) is 14.3. The van der Waals surface area contributed by atoms with E-state index in [1.54, 1.807) is 37.2 Å². The van der Waals surface area contributed by atoms with Crippen LogP contribution in [-0.2, 0) is 10.2 Å². The lowest BCUT2D eigenvalue weighted by molar-refractivity contribution is 0.122. The second-order valence-electron chi connectivity index (χ2n) is 14.0. The molecular formula is C41H36ClF2N9O. The highest BCUT2D eigenvalue weighted by Gasteiger charge is 2.39. The molecule has 0 unspecified atom stereocenters. The molecule has 2 aliphatic heterocycles. The summed E-state index contributed by atoms with van der Waals surface area (Å²) in [6.45, 7) is 12.3. The lowest BCUT2D eigenvalue weighted by atomic mass is 9.91. The van der Waals surface area contributed by atoms with Gasteiger partial charge in [0.25, 0.3) is 0 Å². The monoisotopic (exact) mass is 743 g/mol. The summed E-state index contributed by atoms with van der Waals surface area (Å²) in [6.07, 6.45) is 14.4. The smallest absolute Gasteiger partial charge is 0.142 e. The molecule has 54 heavy (non-hydrogen) atoms. The molecule has 272 valence electrons. The van der Waals surface area contributed by atoms with Gasteiger partial charge in [0.05, 0.1) is 94.4 Å². The van der Waals surface area contributed by atoms with Crippen molar-refractivity contribution in [3.05, 3.63) is 120 Å². The Hall–Kier alpha value is -5.72. The summed E-state index contributed by atoms with van der Waals surface area (Å²) >= 11 is 6.34. The molecular weight excluding hydrogens is 708 g/mol. The fourth-order valence-corrected chi connectivity index (χ4v) is 7.53. The number of halogens is 3. The van der Waals surface area contributed by atoms with Gasteiger partial charge in [-0.2, -0.15) is 0 Å². The molecule has 0 N–H and O–H groups in total. The maximum absolute atomic E-state index is 14.1. The van der Waals surface area contributed by atoms with Crippen molar-refractivity contribution in [2.24, 2.45) is 0 Å². The molecule has 0 saturated carbocycles. The van der Waals surface area contributed by atoms with E-state index >= 15 is 0 Å². The average Bonchev–Trinajstić information content (AvgIpc) is 3.45. The van der Waals surface area contributed by atoms with Crippen LogP contribution in [0.1, 0.15) is 30.7 Å². The van der Waals surface area contributed by atoms with Gasteiger partial charge < -0.3 is 14.5 Å². The van der Waals surface area contributed by atoms with Crippen LogP contribution in [0, 0.1) is 25.5 Å². The van der Waals surface area contributed by atoms with Gasteiger partial charge in [-0.25, -0.2) is 18.7 Å². The molecule has 2 aliphatic rings. The zero-order chi connectivity index (χ0) is 37.6. The van der Waals surface area contributed by atoms with E-state index in [4.69, 9.17) is 26.3 Å². The quantitative estimate of drug-likeness (QED) is 0.174. The molecule has 0 atom stereocenters. The van der Waals surface area contributed by atoms with E-state index in [1.165, 1.54) is 18.3 Å². The Morgan fingerprint density at radius 1 is 0.722 bits per heavy atom. The molecule has 10 nitrogen and oxygen atoms in total. The predicted octanol–water partition coefficient (Wildman–Crippen LogP) is 8.59. The number of fused-ring (bicyclic) bond motifs is 3. The van der Waals surface area contributed by atoms with Gasteiger partial charge in [0.15, 0.2) is 0 Å². The van der Waals surface area contributed by atoms with Crippen LogP contribution in [0.15, 0.2) is 86.1 Å². The summed E-state index contributed by atoms with van der Waals surface area (Å²) in [6, 6.07) is 8.93. The van der Waals surface area contributed by atoms with Gasteiger partial charge in [-0.15, -0.1) is 0 Å². The van der Waals surface area contributed by atoms with Crippen molar-refractivity contribution in [1.29, 1.82) is 0 Å². The van der Waals surface area contributed by atoms with Gasteiger partial charge in [0.1, 0.15) is 11.6 Å². The standard InChI is InChI=1S/C27H27FN6O.C14H9ClFN3/c1-17-24(18-10-19(28)13-30-12-18)32-22-15-29-5-4-21(22)25(17)34-16-27(2,3)26-23(34)11-20(14-31-26)33-6-8-35-9-7-33;1-8-13(15)11-2-3-17-7-12(11)19-14(8)9-4-10(16)6-18-5-9/h4-5,10-15H,6-9,16H2,1-3H3;2-7H,1H3. The van der Waals surface area contributed by atoms with Crippen LogP contribution in [0.2, 0.25) is 5.02 Å². The third-order valence-corrected chi connectivity index (χ3v) is 10.4. The van der Waals surface area contributed by atoms with Crippen molar-refractivity contribution in [2.75, 3.05) is 42.6 Å². The number of anilines is 3. The van der Waals surface area contributed by atoms with Gasteiger partial charge in [0, 0.05) is 71.7 Å². The van der Waals surface area contributed by atoms with E-state index < -0.39 is 5.82 Å². The van der Waals surface area contributed by atoms with Gasteiger partial charge in [-0.3, -0.25) is 24.9 Å². The van der Waals surface area contributed by atoms with E-state index in [2.05, 4.69) is 54.6 Å². The SMILES string of the molecule is Cc1c(-c2cncc(F)c2)nc2cnccc2c1Cl.Cc1c(-c2cncc(F)c2)nc2cnccc2c1N1CC(C)(C)c2ncc(N3CCOCC3)cc21. The summed E-state index contributed by atoms with van der Waals surface area (Å²) in [7, 11) is 0. The summed E-state index contributed by atoms with van der Waals surface area (Å²) in [5.74, 6) is -0.787. The first-order valence-electron chi connectivity index (χ1n) is 17.6. The minimum Gasteiger partial charge on any atom is -0.378 e. The molecule has 0 aromatic carbocycles. The zero-order valence-electron chi connectivity index (χ0n) is 30.2. The number of morpholine rings is 1. The number of hydrogen-bond acceptors (Lipinski definition) is 10. The number of ether oxygens (including phenoxy) is 1. The normalized spacial score (nSPS) is 14.9. The molecule has 0 bridgehead atoms. The number of hydrogen-bond donors (Lipinski definition) is 0. The first-order chi connectivity index (χ1) is 26.1. The molecule has 0 radical (unpaired) electrons. The van der Waals surface area contributed by atoms with Gasteiger partial charge in [0.2, 0.25) is 0 Å². The van der Waals surface area contributed by atoms with Crippen LogP contribution in [0.4, 0.5) is 25.8 Å². The van der Waals surface area contributed by atoms with Crippen molar-refractivity contribution >= 4 is 50.5 Å². The Bertz CT molecular complexity index is 2540. The van der Waals surface area contributed by atoms with Gasteiger partial charge in [-0.1, -0.05) is 25.4 Å². The van der Waals surface area contributed by atoms with Gasteiger partial charge >= 0.3 is 0 Å². The molecule has 9 rings (SSSR count). The molecule has 9 heterocycles. The average molecular weight is 744 g/mol. The molecule has 7 aromatic rings. The highest BCUT2D eigenvalue weighted by molar-refractivity contribution is 6.36. The summed E-state index contributed by atoms with van der Waals surface area (Å²) < 4.78 is 32.9. The van der Waals surface area contributed by atoms with Crippen molar-refractivity contribution in [3.63, 3.8) is 0 Å². The van der Waals surface area contributed by atoms with E-state index in [-0.39, 0.29) is 11.2 Å². The lowest BCUT2D eigenvalue weighted by Crippen LogP contribution is -2.36. The predicted molar refractivity (Wildman–Crippen MR) is 207 cm³/mol. The zero-order valence-corrected chi connectivity index (χ0v) is 30.9. The molecule has 1 fully saturated rings. The Morgan fingerprint density at radius 3 is 1.94 bits per heavy atom. The molecule has 1 saturated heterocycles. The topological polar surface area (TPSA) is 106 Å². The van der Waals surface area contributed by atoms with Crippen LogP contribution in [0.25, 0.3) is 44.3 Å². The molecule has 7 aromatic heterocycles. The maximum atomic E-state index is 14.1. The minimum atomic E-state index is -0.402. The Labute approximate surface area is 315 Å². The molecule has 13 heteroatoms. The summed E-state index contributed by atoms with van der Waals surface area (Å²) in [4.78, 5) is 35.2. The van der Waals surface area contributed by atoms with Crippen molar-refractivity contribution in [3.8, 4) is 22.5 Å². The largest absolute Gasteiger partial charge is 0.378 e. The summed E-state index contributed by atoms with van der Waals surface area (Å²) in [5.41, 5.74) is 9.95. The van der Waals surface area contributed by atoms with Crippen molar-refractivity contribution < 1.29 is 13.5 Å². The van der Waals surface area contributed by atoms with E-state index in [1.807, 2.05) is 32.2 Å². The third-order valence-electron chi connectivity index (χ3n) is 9.89. The molecule has 0 amide bonds. The first-order valence-corrected chi connectivity index (χ1v) is 17.9. The number of aromatic nitrogens is 7. The molecule has 0 aliphatic carbocycles. The highest BCUT2D eigenvalue weighted by atomic mass is 35.5. The molecule has 0 spiro atoms. The summed E-state index contributed by atoms with van der Waals surface area (Å²) in [5, 5.41) is 2.44. The van der Waals surface area contributed by atoms with E-state index in [9.17, 15) is 8.78 Å². The van der Waals surface area contributed by atoms with Crippen LogP contribution < -0.4 is 9.80 Å². The van der Waals surface area contributed by atoms with Crippen LogP contribution in [0.5, 0.6) is 0 Å². The van der Waals surface area contributed by atoms with Crippen LogP contribution in [0.3, 0.4) is 0 Å².